The molecule has 0 radical (unpaired) electrons. The summed E-state index contributed by atoms with van der Waals surface area (Å²) in [4.78, 5) is 0. The number of halogens is 3. The Labute approximate surface area is 118 Å². The number of nitrogens with one attached hydrogen (secondary N) is 1. The normalized spacial score (nSPS) is 12.4. The molecule has 0 aliphatic rings. The van der Waals surface area contributed by atoms with E-state index in [1.165, 1.54) is 18.2 Å². The number of hydrogen-bond donors (Lipinski definition) is 2. The van der Waals surface area contributed by atoms with Gasteiger partial charge in [-0.2, -0.15) is 0 Å². The van der Waals surface area contributed by atoms with Crippen LogP contribution in [0.25, 0.3) is 0 Å². The number of benzene rings is 2. The third kappa shape index (κ3) is 3.59. The van der Waals surface area contributed by atoms with E-state index in [2.05, 4.69) is 21.4 Å². The van der Waals surface area contributed by atoms with Gasteiger partial charge in [-0.15, -0.1) is 0 Å². The lowest BCUT2D eigenvalue weighted by Gasteiger charge is -2.17. The lowest BCUT2D eigenvalue weighted by Crippen LogP contribution is -2.29. The van der Waals surface area contributed by atoms with Crippen molar-refractivity contribution < 1.29 is 8.78 Å². The van der Waals surface area contributed by atoms with Gasteiger partial charge in [-0.05, 0) is 41.8 Å². The number of nitrogens with two attached hydrogens (primary N) is 1. The first kappa shape index (κ1) is 14.1. The highest BCUT2D eigenvalue weighted by molar-refractivity contribution is 9.10. The summed E-state index contributed by atoms with van der Waals surface area (Å²) in [5.74, 6) is 4.83. The molecule has 0 aliphatic carbocycles. The molecule has 0 saturated carbocycles. The Balaban J connectivity index is 2.24. The molecule has 0 amide bonds. The fourth-order valence-corrected chi connectivity index (χ4v) is 2.24. The number of hydrazine groups is 1. The van der Waals surface area contributed by atoms with E-state index in [4.69, 9.17) is 5.84 Å². The van der Waals surface area contributed by atoms with E-state index in [-0.39, 0.29) is 17.7 Å². The SMILES string of the molecule is NNC(Cc1ccc(Br)cc1F)c1cccc(F)c1. The molecule has 5 heteroatoms. The highest BCUT2D eigenvalue weighted by Gasteiger charge is 2.14. The Morgan fingerprint density at radius 2 is 1.95 bits per heavy atom. The zero-order valence-electron chi connectivity index (χ0n) is 10.0. The maximum Gasteiger partial charge on any atom is 0.127 e. The third-order valence-electron chi connectivity index (χ3n) is 2.89. The molecule has 0 spiro atoms. The first-order chi connectivity index (χ1) is 9.10. The van der Waals surface area contributed by atoms with E-state index in [9.17, 15) is 8.78 Å². The molecular weight excluding hydrogens is 314 g/mol. The highest BCUT2D eigenvalue weighted by atomic mass is 79.9. The van der Waals surface area contributed by atoms with Gasteiger partial charge >= 0.3 is 0 Å². The minimum atomic E-state index is -0.341. The predicted molar refractivity (Wildman–Crippen MR) is 74.3 cm³/mol. The zero-order valence-corrected chi connectivity index (χ0v) is 11.6. The van der Waals surface area contributed by atoms with E-state index in [1.54, 1.807) is 24.3 Å². The Bertz CT molecular complexity index is 575. The lowest BCUT2D eigenvalue weighted by atomic mass is 9.99. The monoisotopic (exact) mass is 326 g/mol. The molecule has 1 unspecified atom stereocenters. The van der Waals surface area contributed by atoms with Crippen LogP contribution in [0.4, 0.5) is 8.78 Å². The standard InChI is InChI=1S/C14H13BrF2N2/c15-11-5-4-9(13(17)8-11)7-14(19-18)10-2-1-3-12(16)6-10/h1-6,8,14,19H,7,18H2. The van der Waals surface area contributed by atoms with E-state index >= 15 is 0 Å². The summed E-state index contributed by atoms with van der Waals surface area (Å²) in [7, 11) is 0. The van der Waals surface area contributed by atoms with Crippen molar-refractivity contribution in [2.45, 2.75) is 12.5 Å². The second kappa shape index (κ2) is 6.23. The maximum atomic E-state index is 13.8. The van der Waals surface area contributed by atoms with Crippen molar-refractivity contribution in [3.05, 3.63) is 69.7 Å². The van der Waals surface area contributed by atoms with Crippen LogP contribution in [0, 0.1) is 11.6 Å². The van der Waals surface area contributed by atoms with Gasteiger partial charge in [0.1, 0.15) is 11.6 Å². The van der Waals surface area contributed by atoms with E-state index < -0.39 is 0 Å². The van der Waals surface area contributed by atoms with Gasteiger partial charge in [-0.25, -0.2) is 8.78 Å². The van der Waals surface area contributed by atoms with Crippen LogP contribution < -0.4 is 11.3 Å². The van der Waals surface area contributed by atoms with Gasteiger partial charge in [-0.3, -0.25) is 11.3 Å². The fourth-order valence-electron chi connectivity index (χ4n) is 1.90. The van der Waals surface area contributed by atoms with Crippen LogP contribution >= 0.6 is 15.9 Å². The average Bonchev–Trinajstić information content (AvgIpc) is 2.38. The van der Waals surface area contributed by atoms with Crippen molar-refractivity contribution in [1.29, 1.82) is 0 Å². The molecule has 100 valence electrons. The quantitative estimate of drug-likeness (QED) is 0.667. The van der Waals surface area contributed by atoms with Crippen LogP contribution in [0.2, 0.25) is 0 Å². The summed E-state index contributed by atoms with van der Waals surface area (Å²) in [6.07, 6.45) is 0.346. The maximum absolute atomic E-state index is 13.8. The van der Waals surface area contributed by atoms with Gasteiger partial charge in [0, 0.05) is 4.47 Å². The van der Waals surface area contributed by atoms with Crippen LogP contribution in [0.1, 0.15) is 17.2 Å². The van der Waals surface area contributed by atoms with Crippen LogP contribution in [0.3, 0.4) is 0 Å². The van der Waals surface area contributed by atoms with E-state index in [0.717, 1.165) is 0 Å². The Hall–Kier alpha value is -1.30. The molecule has 3 N–H and O–H groups in total. The minimum Gasteiger partial charge on any atom is -0.271 e. The molecular formula is C14H13BrF2N2. The fraction of sp³-hybridized carbons (Fsp3) is 0.143. The van der Waals surface area contributed by atoms with Crippen molar-refractivity contribution >= 4 is 15.9 Å². The first-order valence-corrected chi connectivity index (χ1v) is 6.55. The Kier molecular flexibility index (Phi) is 4.63. The summed E-state index contributed by atoms with van der Waals surface area (Å²) >= 11 is 3.20. The smallest absolute Gasteiger partial charge is 0.127 e. The molecule has 2 rings (SSSR count). The topological polar surface area (TPSA) is 38.0 Å². The van der Waals surface area contributed by atoms with E-state index in [0.29, 0.717) is 22.0 Å². The second-order valence-electron chi connectivity index (χ2n) is 4.21. The van der Waals surface area contributed by atoms with Gasteiger partial charge in [0.15, 0.2) is 0 Å². The van der Waals surface area contributed by atoms with Gasteiger partial charge in [-0.1, -0.05) is 34.1 Å². The molecule has 2 aromatic carbocycles. The van der Waals surface area contributed by atoms with Crippen LogP contribution in [0.15, 0.2) is 46.9 Å². The molecule has 1 atom stereocenters. The molecule has 0 saturated heterocycles. The largest absolute Gasteiger partial charge is 0.271 e. The Morgan fingerprint density at radius 3 is 2.58 bits per heavy atom. The molecule has 0 aliphatic heterocycles. The molecule has 0 fully saturated rings. The van der Waals surface area contributed by atoms with E-state index in [1.807, 2.05) is 0 Å². The van der Waals surface area contributed by atoms with Crippen molar-refractivity contribution in [3.63, 3.8) is 0 Å². The minimum absolute atomic E-state index is 0.314. The summed E-state index contributed by atoms with van der Waals surface area (Å²) in [6, 6.07) is 10.6. The lowest BCUT2D eigenvalue weighted by molar-refractivity contribution is 0.524. The molecule has 0 bridgehead atoms. The molecule has 2 nitrogen and oxygen atoms in total. The summed E-state index contributed by atoms with van der Waals surface area (Å²) in [5.41, 5.74) is 3.80. The van der Waals surface area contributed by atoms with Crippen LogP contribution in [-0.4, -0.2) is 0 Å². The summed E-state index contributed by atoms with van der Waals surface area (Å²) in [6.45, 7) is 0. The van der Waals surface area contributed by atoms with Crippen molar-refractivity contribution in [3.8, 4) is 0 Å². The predicted octanol–water partition coefficient (Wildman–Crippen LogP) is 3.47. The number of hydrogen-bond acceptors (Lipinski definition) is 2. The van der Waals surface area contributed by atoms with Crippen molar-refractivity contribution in [1.82, 2.24) is 5.43 Å². The van der Waals surface area contributed by atoms with Gasteiger partial charge in [0.25, 0.3) is 0 Å². The Morgan fingerprint density at radius 1 is 1.16 bits per heavy atom. The molecule has 19 heavy (non-hydrogen) atoms. The molecule has 0 heterocycles. The van der Waals surface area contributed by atoms with Gasteiger partial charge in [0.05, 0.1) is 6.04 Å². The molecule has 0 aromatic heterocycles. The van der Waals surface area contributed by atoms with Gasteiger partial charge < -0.3 is 0 Å². The average molecular weight is 327 g/mol. The van der Waals surface area contributed by atoms with Crippen LogP contribution in [0.5, 0.6) is 0 Å². The number of rotatable bonds is 4. The molecule has 2 aromatic rings. The van der Waals surface area contributed by atoms with Gasteiger partial charge in [0.2, 0.25) is 0 Å². The van der Waals surface area contributed by atoms with Crippen molar-refractivity contribution in [2.75, 3.05) is 0 Å². The third-order valence-corrected chi connectivity index (χ3v) is 3.38. The first-order valence-electron chi connectivity index (χ1n) is 5.75. The second-order valence-corrected chi connectivity index (χ2v) is 5.13. The van der Waals surface area contributed by atoms with Crippen LogP contribution in [-0.2, 0) is 6.42 Å². The highest BCUT2D eigenvalue weighted by Crippen LogP contribution is 2.22. The summed E-state index contributed by atoms with van der Waals surface area (Å²) in [5, 5.41) is 0. The van der Waals surface area contributed by atoms with Crippen molar-refractivity contribution in [2.24, 2.45) is 5.84 Å². The summed E-state index contributed by atoms with van der Waals surface area (Å²) < 4.78 is 27.6. The zero-order chi connectivity index (χ0) is 13.8.